The number of ether oxygens (including phenoxy) is 2. The van der Waals surface area contributed by atoms with E-state index in [9.17, 15) is 9.59 Å². The van der Waals surface area contributed by atoms with Crippen molar-refractivity contribution in [2.45, 2.75) is 0 Å². The van der Waals surface area contributed by atoms with Gasteiger partial charge in [0.05, 0.1) is 18.4 Å². The quantitative estimate of drug-likeness (QED) is 0.776. The van der Waals surface area contributed by atoms with Crippen LogP contribution < -0.4 is 10.1 Å². The number of esters is 1. The van der Waals surface area contributed by atoms with Gasteiger partial charge in [0, 0.05) is 9.50 Å². The van der Waals surface area contributed by atoms with Crippen LogP contribution >= 0.6 is 27.5 Å². The lowest BCUT2D eigenvalue weighted by Crippen LogP contribution is -2.21. The van der Waals surface area contributed by atoms with Gasteiger partial charge in [-0.05, 0) is 46.3 Å². The highest BCUT2D eigenvalue weighted by molar-refractivity contribution is 9.10. The fourth-order valence-electron chi connectivity index (χ4n) is 1.80. The number of carbonyl (C=O) groups excluding carboxylic acids is 2. The Kier molecular flexibility index (Phi) is 6.01. The van der Waals surface area contributed by atoms with E-state index in [1.807, 2.05) is 0 Å². The van der Waals surface area contributed by atoms with Gasteiger partial charge in [0.15, 0.2) is 6.61 Å². The molecule has 0 spiro atoms. The van der Waals surface area contributed by atoms with E-state index in [0.717, 1.165) is 0 Å². The van der Waals surface area contributed by atoms with Crippen LogP contribution in [0, 0.1) is 0 Å². The number of amides is 1. The number of carbonyl (C=O) groups is 2. The first kappa shape index (κ1) is 17.3. The van der Waals surface area contributed by atoms with Gasteiger partial charge in [-0.2, -0.15) is 0 Å². The van der Waals surface area contributed by atoms with Crippen LogP contribution in [0.2, 0.25) is 5.02 Å². The van der Waals surface area contributed by atoms with Gasteiger partial charge >= 0.3 is 5.97 Å². The van der Waals surface area contributed by atoms with Gasteiger partial charge in [-0.15, -0.1) is 0 Å². The largest absolute Gasteiger partial charge is 0.495 e. The third-order valence-corrected chi connectivity index (χ3v) is 3.79. The van der Waals surface area contributed by atoms with E-state index < -0.39 is 18.5 Å². The molecule has 120 valence electrons. The highest BCUT2D eigenvalue weighted by Crippen LogP contribution is 2.27. The second kappa shape index (κ2) is 7.99. The van der Waals surface area contributed by atoms with E-state index in [0.29, 0.717) is 26.5 Å². The number of hydrogen-bond donors (Lipinski definition) is 1. The number of halogens is 2. The Morgan fingerprint density at radius 1 is 1.22 bits per heavy atom. The summed E-state index contributed by atoms with van der Waals surface area (Å²) in [5, 5.41) is 3.04. The fourth-order valence-corrected chi connectivity index (χ4v) is 2.42. The Morgan fingerprint density at radius 2 is 1.96 bits per heavy atom. The molecule has 1 amide bonds. The Balaban J connectivity index is 1.97. The van der Waals surface area contributed by atoms with E-state index in [1.165, 1.54) is 7.11 Å². The summed E-state index contributed by atoms with van der Waals surface area (Å²) in [4.78, 5) is 23.8. The molecule has 23 heavy (non-hydrogen) atoms. The molecule has 1 N–H and O–H groups in total. The summed E-state index contributed by atoms with van der Waals surface area (Å²) in [7, 11) is 1.48. The molecule has 0 aromatic heterocycles. The van der Waals surface area contributed by atoms with Gasteiger partial charge < -0.3 is 14.8 Å². The van der Waals surface area contributed by atoms with E-state index >= 15 is 0 Å². The van der Waals surface area contributed by atoms with Crippen LogP contribution in [0.5, 0.6) is 5.75 Å². The molecule has 2 aromatic rings. The molecule has 0 aliphatic heterocycles. The van der Waals surface area contributed by atoms with Gasteiger partial charge in [-0.3, -0.25) is 4.79 Å². The highest BCUT2D eigenvalue weighted by atomic mass is 79.9. The molecule has 0 saturated carbocycles. The third-order valence-electron chi connectivity index (χ3n) is 2.86. The fraction of sp³-hybridized carbons (Fsp3) is 0.125. The van der Waals surface area contributed by atoms with Gasteiger partial charge in [0.25, 0.3) is 5.91 Å². The van der Waals surface area contributed by atoms with E-state index in [-0.39, 0.29) is 0 Å². The zero-order valence-electron chi connectivity index (χ0n) is 12.1. The lowest BCUT2D eigenvalue weighted by molar-refractivity contribution is -0.119. The highest BCUT2D eigenvalue weighted by Gasteiger charge is 2.14. The molecule has 0 saturated heterocycles. The first-order chi connectivity index (χ1) is 11.0. The monoisotopic (exact) mass is 397 g/mol. The number of nitrogens with one attached hydrogen (secondary N) is 1. The topological polar surface area (TPSA) is 64.6 Å². The first-order valence-electron chi connectivity index (χ1n) is 6.56. The standard InChI is InChI=1S/C16H13BrClNO4/c1-22-14-7-6-10(18)8-13(14)19-15(20)9-23-16(21)11-4-2-3-5-12(11)17/h2-8H,9H2,1H3,(H,19,20). The number of hydrogen-bond acceptors (Lipinski definition) is 4. The van der Waals surface area contributed by atoms with Crippen molar-refractivity contribution in [3.63, 3.8) is 0 Å². The molecule has 0 unspecified atom stereocenters. The molecule has 2 aromatic carbocycles. The van der Waals surface area contributed by atoms with Crippen LogP contribution in [0.15, 0.2) is 46.9 Å². The van der Waals surface area contributed by atoms with Crippen molar-refractivity contribution in [3.05, 3.63) is 57.5 Å². The molecular weight excluding hydrogens is 386 g/mol. The Labute approximate surface area is 146 Å². The van der Waals surface area contributed by atoms with Crippen LogP contribution in [-0.2, 0) is 9.53 Å². The summed E-state index contributed by atoms with van der Waals surface area (Å²) in [5.74, 6) is -0.628. The molecule has 0 bridgehead atoms. The predicted molar refractivity (Wildman–Crippen MR) is 91.1 cm³/mol. The summed E-state index contributed by atoms with van der Waals surface area (Å²) in [6.07, 6.45) is 0. The molecular formula is C16H13BrClNO4. The third kappa shape index (κ3) is 4.71. The number of benzene rings is 2. The molecule has 5 nitrogen and oxygen atoms in total. The molecule has 0 aliphatic rings. The molecule has 0 heterocycles. The van der Waals surface area contributed by atoms with Crippen molar-refractivity contribution >= 4 is 45.1 Å². The smallest absolute Gasteiger partial charge is 0.339 e. The van der Waals surface area contributed by atoms with Crippen molar-refractivity contribution in [1.29, 1.82) is 0 Å². The van der Waals surface area contributed by atoms with Crippen LogP contribution in [0.25, 0.3) is 0 Å². The Morgan fingerprint density at radius 3 is 2.65 bits per heavy atom. The summed E-state index contributed by atoms with van der Waals surface area (Å²) in [5.41, 5.74) is 0.752. The maximum Gasteiger partial charge on any atom is 0.339 e. The second-order valence-corrected chi connectivity index (χ2v) is 5.74. The Hall–Kier alpha value is -2.05. The van der Waals surface area contributed by atoms with Gasteiger partial charge in [-0.25, -0.2) is 4.79 Å². The van der Waals surface area contributed by atoms with Crippen molar-refractivity contribution in [2.75, 3.05) is 19.0 Å². The van der Waals surface area contributed by atoms with Gasteiger partial charge in [-0.1, -0.05) is 23.7 Å². The molecule has 7 heteroatoms. The van der Waals surface area contributed by atoms with Crippen molar-refractivity contribution < 1.29 is 19.1 Å². The van der Waals surface area contributed by atoms with Gasteiger partial charge in [0.2, 0.25) is 0 Å². The minimum atomic E-state index is -0.592. The molecule has 2 rings (SSSR count). The molecule has 0 radical (unpaired) electrons. The van der Waals surface area contributed by atoms with Crippen molar-refractivity contribution in [3.8, 4) is 5.75 Å². The van der Waals surface area contributed by atoms with Crippen LogP contribution in [0.3, 0.4) is 0 Å². The molecule has 0 aliphatic carbocycles. The summed E-state index contributed by atoms with van der Waals surface area (Å²) in [6, 6.07) is 11.6. The number of rotatable bonds is 5. The zero-order valence-corrected chi connectivity index (χ0v) is 14.5. The SMILES string of the molecule is COc1ccc(Cl)cc1NC(=O)COC(=O)c1ccccc1Br. The molecule has 0 atom stereocenters. The number of methoxy groups -OCH3 is 1. The summed E-state index contributed by atoms with van der Waals surface area (Å²) < 4.78 is 10.7. The predicted octanol–water partition coefficient (Wildman–Crippen LogP) is 3.91. The van der Waals surface area contributed by atoms with E-state index in [1.54, 1.807) is 42.5 Å². The van der Waals surface area contributed by atoms with E-state index in [2.05, 4.69) is 21.2 Å². The minimum Gasteiger partial charge on any atom is -0.495 e. The summed E-state index contributed by atoms with van der Waals surface area (Å²) >= 11 is 9.14. The van der Waals surface area contributed by atoms with Gasteiger partial charge in [0.1, 0.15) is 5.75 Å². The Bertz CT molecular complexity index is 736. The van der Waals surface area contributed by atoms with Crippen LogP contribution in [0.4, 0.5) is 5.69 Å². The lowest BCUT2D eigenvalue weighted by Gasteiger charge is -2.11. The van der Waals surface area contributed by atoms with Crippen LogP contribution in [-0.4, -0.2) is 25.6 Å². The normalized spacial score (nSPS) is 10.0. The average Bonchev–Trinajstić information content (AvgIpc) is 2.53. The molecule has 0 fully saturated rings. The first-order valence-corrected chi connectivity index (χ1v) is 7.73. The second-order valence-electron chi connectivity index (χ2n) is 4.45. The van der Waals surface area contributed by atoms with Crippen LogP contribution in [0.1, 0.15) is 10.4 Å². The van der Waals surface area contributed by atoms with Crippen molar-refractivity contribution in [2.24, 2.45) is 0 Å². The maximum absolute atomic E-state index is 11.9. The maximum atomic E-state index is 11.9. The summed E-state index contributed by atoms with van der Waals surface area (Å²) in [6.45, 7) is -0.421. The minimum absolute atomic E-state index is 0.348. The zero-order chi connectivity index (χ0) is 16.8. The van der Waals surface area contributed by atoms with Crippen molar-refractivity contribution in [1.82, 2.24) is 0 Å². The van der Waals surface area contributed by atoms with E-state index in [4.69, 9.17) is 21.1 Å². The average molecular weight is 399 g/mol. The number of anilines is 1. The lowest BCUT2D eigenvalue weighted by atomic mass is 10.2.